The summed E-state index contributed by atoms with van der Waals surface area (Å²) in [7, 11) is -1.60. The molecule has 0 saturated carbocycles. The lowest BCUT2D eigenvalue weighted by atomic mass is 10.4. The van der Waals surface area contributed by atoms with E-state index in [0.29, 0.717) is 0 Å². The monoisotopic (exact) mass is 448 g/mol. The summed E-state index contributed by atoms with van der Waals surface area (Å²) in [5.74, 6) is 0. The van der Waals surface area contributed by atoms with Crippen LogP contribution in [0.15, 0.2) is 134 Å². The Morgan fingerprint density at radius 2 is 0.781 bits per heavy atom. The molecular weight excluding hydrogens is 426 g/mol. The third-order valence-electron chi connectivity index (χ3n) is 5.11. The van der Waals surface area contributed by atoms with Crippen LogP contribution < -0.4 is 32.2 Å². The summed E-state index contributed by atoms with van der Waals surface area (Å²) in [5.41, 5.74) is 1.98. The van der Waals surface area contributed by atoms with Crippen molar-refractivity contribution in [1.82, 2.24) is 9.97 Å². The summed E-state index contributed by atoms with van der Waals surface area (Å²) >= 11 is 0. The average molecular weight is 448 g/mol. The maximum Gasteiger partial charge on any atom is 0.160 e. The van der Waals surface area contributed by atoms with Crippen molar-refractivity contribution in [3.63, 3.8) is 0 Å². The maximum atomic E-state index is 5.23. The number of nitrogens with zero attached hydrogens (tertiary/aromatic N) is 2. The Kier molecular flexibility index (Phi) is 6.45. The number of benzene rings is 4. The molecule has 0 saturated heterocycles. The predicted octanol–water partition coefficient (Wildman–Crippen LogP) is 3.99. The van der Waals surface area contributed by atoms with Gasteiger partial charge in [-0.25, -0.2) is 9.97 Å². The molecule has 5 aromatic rings. The lowest BCUT2D eigenvalue weighted by molar-refractivity contribution is 1.27. The van der Waals surface area contributed by atoms with Crippen molar-refractivity contribution in [1.29, 1.82) is 0 Å². The van der Waals surface area contributed by atoms with Crippen LogP contribution in [-0.2, 0) is 0 Å². The van der Waals surface area contributed by atoms with Crippen LogP contribution in [0.5, 0.6) is 0 Å². The second-order valence-corrected chi connectivity index (χ2v) is 11.5. The molecule has 0 aliphatic heterocycles. The highest BCUT2D eigenvalue weighted by Gasteiger charge is 2.23. The fraction of sp³-hybridized carbons (Fsp3) is 0. The molecule has 0 radical (unpaired) electrons. The molecular formula is C28H22N2P2. The van der Waals surface area contributed by atoms with Gasteiger partial charge in [-0.15, -0.1) is 0 Å². The first-order valence-corrected chi connectivity index (χ1v) is 13.2. The number of rotatable bonds is 6. The van der Waals surface area contributed by atoms with E-state index in [0.717, 1.165) is 11.0 Å². The van der Waals surface area contributed by atoms with Crippen LogP contribution in [0, 0.1) is 0 Å². The molecule has 0 fully saturated rings. The van der Waals surface area contributed by atoms with Gasteiger partial charge in [0.05, 0.1) is 5.44 Å². The summed E-state index contributed by atoms with van der Waals surface area (Å²) in [6.45, 7) is 0. The van der Waals surface area contributed by atoms with Gasteiger partial charge in [0.15, 0.2) is 5.57 Å². The maximum absolute atomic E-state index is 5.23. The molecule has 0 aliphatic carbocycles. The Bertz CT molecular complexity index is 1090. The molecule has 0 unspecified atom stereocenters. The van der Waals surface area contributed by atoms with E-state index in [1.165, 1.54) is 21.2 Å². The first-order valence-electron chi connectivity index (χ1n) is 10.5. The molecule has 0 aliphatic rings. The van der Waals surface area contributed by atoms with Crippen molar-refractivity contribution >= 4 is 48.1 Å². The van der Waals surface area contributed by atoms with Crippen LogP contribution in [0.3, 0.4) is 0 Å². The number of hydrogen-bond acceptors (Lipinski definition) is 2. The van der Waals surface area contributed by atoms with Gasteiger partial charge in [0.1, 0.15) is 0 Å². The Morgan fingerprint density at radius 3 is 1.19 bits per heavy atom. The number of aromatic nitrogens is 2. The summed E-state index contributed by atoms with van der Waals surface area (Å²) in [6.07, 6.45) is 1.93. The smallest absolute Gasteiger partial charge is 0.160 e. The zero-order valence-electron chi connectivity index (χ0n) is 17.5. The van der Waals surface area contributed by atoms with Crippen molar-refractivity contribution < 1.29 is 0 Å². The molecule has 5 rings (SSSR count). The minimum absolute atomic E-state index is 0.766. The molecule has 0 atom stereocenters. The highest BCUT2D eigenvalue weighted by atomic mass is 31.1. The van der Waals surface area contributed by atoms with Gasteiger partial charge in [-0.05, 0) is 27.3 Å². The largest absolute Gasteiger partial charge is 0.236 e. The van der Waals surface area contributed by atoms with Gasteiger partial charge in [-0.3, -0.25) is 0 Å². The summed E-state index contributed by atoms with van der Waals surface area (Å²) in [6, 6.07) is 44.7. The Balaban J connectivity index is 1.65. The van der Waals surface area contributed by atoms with Gasteiger partial charge < -0.3 is 0 Å². The van der Waals surface area contributed by atoms with Crippen LogP contribution in [0.4, 0.5) is 0 Å². The fourth-order valence-corrected chi connectivity index (χ4v) is 8.02. The van der Waals surface area contributed by atoms with Crippen LogP contribution >= 0.6 is 15.8 Å². The van der Waals surface area contributed by atoms with Crippen LogP contribution in [-0.4, -0.2) is 9.97 Å². The Hall–Kier alpha value is -3.18. The molecule has 0 N–H and O–H groups in total. The van der Waals surface area contributed by atoms with Gasteiger partial charge in [0, 0.05) is 22.0 Å². The summed E-state index contributed by atoms with van der Waals surface area (Å²) in [4.78, 5) is 10.0. The van der Waals surface area contributed by atoms with E-state index in [4.69, 9.17) is 9.97 Å². The second kappa shape index (κ2) is 9.96. The quantitative estimate of drug-likeness (QED) is 0.367. The van der Waals surface area contributed by atoms with Crippen molar-refractivity contribution in [2.45, 2.75) is 0 Å². The zero-order chi connectivity index (χ0) is 21.6. The minimum atomic E-state index is -0.837. The normalized spacial score (nSPS) is 11.1. The van der Waals surface area contributed by atoms with Crippen molar-refractivity contribution in [2.75, 3.05) is 0 Å². The second-order valence-electron chi connectivity index (χ2n) is 7.23. The van der Waals surface area contributed by atoms with E-state index < -0.39 is 15.8 Å². The molecule has 0 spiro atoms. The highest BCUT2D eigenvalue weighted by molar-refractivity contribution is 7.80. The zero-order valence-corrected chi connectivity index (χ0v) is 19.3. The minimum Gasteiger partial charge on any atom is -0.236 e. The van der Waals surface area contributed by atoms with Crippen molar-refractivity contribution in [2.24, 2.45) is 0 Å². The Labute approximate surface area is 191 Å². The Morgan fingerprint density at radius 1 is 0.406 bits per heavy atom. The fourth-order valence-electron chi connectivity index (χ4n) is 3.67. The molecule has 4 aromatic carbocycles. The molecule has 2 nitrogen and oxygen atoms in total. The van der Waals surface area contributed by atoms with Crippen LogP contribution in [0.1, 0.15) is 0 Å². The van der Waals surface area contributed by atoms with E-state index in [-0.39, 0.29) is 0 Å². The predicted molar refractivity (Wildman–Crippen MR) is 139 cm³/mol. The lowest BCUT2D eigenvalue weighted by Gasteiger charge is -2.21. The van der Waals surface area contributed by atoms with Crippen molar-refractivity contribution in [3.05, 3.63) is 134 Å². The van der Waals surface area contributed by atoms with Gasteiger partial charge in [-0.1, -0.05) is 121 Å². The first-order chi connectivity index (χ1) is 15.9. The molecule has 32 heavy (non-hydrogen) atoms. The highest BCUT2D eigenvalue weighted by Crippen LogP contribution is 2.34. The van der Waals surface area contributed by atoms with Gasteiger partial charge in [0.25, 0.3) is 0 Å². The van der Waals surface area contributed by atoms with Crippen LogP contribution in [0.25, 0.3) is 0 Å². The average Bonchev–Trinajstić information content (AvgIpc) is 2.87. The van der Waals surface area contributed by atoms with E-state index >= 15 is 0 Å². The summed E-state index contributed by atoms with van der Waals surface area (Å²) in [5, 5.41) is 5.11. The molecule has 1 aromatic heterocycles. The van der Waals surface area contributed by atoms with Gasteiger partial charge in [0.2, 0.25) is 0 Å². The van der Waals surface area contributed by atoms with Gasteiger partial charge >= 0.3 is 0 Å². The lowest BCUT2D eigenvalue weighted by Crippen LogP contribution is -2.31. The summed E-state index contributed by atoms with van der Waals surface area (Å²) < 4.78 is 0. The van der Waals surface area contributed by atoms with Crippen LogP contribution in [0.2, 0.25) is 0 Å². The molecule has 0 amide bonds. The molecule has 154 valence electrons. The standard InChI is InChI=1S/C28H22N2P2/c1-5-13-23(14-6-1)31(24-15-7-2-8-16-24)27-21-22-29-28(30-27)32(25-17-9-3-10-18-25)26-19-11-4-12-20-26/h1-22H. The SMILES string of the molecule is c1ccc(P(c2ccccc2)c2ccnc(P(c3ccccc3)c3ccccc3)n2)cc1. The van der Waals surface area contributed by atoms with E-state index in [2.05, 4.69) is 127 Å². The first kappa shape index (κ1) is 20.7. The number of hydrogen-bond donors (Lipinski definition) is 0. The van der Waals surface area contributed by atoms with E-state index in [9.17, 15) is 0 Å². The van der Waals surface area contributed by atoms with E-state index in [1.807, 2.05) is 6.20 Å². The molecule has 0 bridgehead atoms. The van der Waals surface area contributed by atoms with Crippen molar-refractivity contribution in [3.8, 4) is 0 Å². The van der Waals surface area contributed by atoms with E-state index in [1.54, 1.807) is 0 Å². The topological polar surface area (TPSA) is 25.8 Å². The third-order valence-corrected chi connectivity index (χ3v) is 9.70. The molecule has 1 heterocycles. The third kappa shape index (κ3) is 4.53. The van der Waals surface area contributed by atoms with Gasteiger partial charge in [-0.2, -0.15) is 0 Å². The molecule has 4 heteroatoms.